The average Bonchev–Trinajstić information content (AvgIpc) is 3.04. The summed E-state index contributed by atoms with van der Waals surface area (Å²) in [5, 5.41) is 13.4. The number of amides is 1. The molecule has 11 heteroatoms. The molecule has 0 bridgehead atoms. The Morgan fingerprint density at radius 2 is 2.04 bits per heavy atom. The molecule has 152 valence electrons. The second-order valence-electron chi connectivity index (χ2n) is 6.59. The summed E-state index contributed by atoms with van der Waals surface area (Å²) < 4.78 is 64.9. The lowest BCUT2D eigenvalue weighted by molar-refractivity contribution is -0.267. The summed E-state index contributed by atoms with van der Waals surface area (Å²) in [7, 11) is -3.50. The van der Waals surface area contributed by atoms with Gasteiger partial charge in [-0.1, -0.05) is 18.2 Å². The van der Waals surface area contributed by atoms with Crippen LogP contribution in [0, 0.1) is 6.92 Å². The van der Waals surface area contributed by atoms with Crippen LogP contribution in [-0.4, -0.2) is 36.3 Å². The molecule has 2 N–H and O–H groups in total. The molecule has 0 radical (unpaired) electrons. The summed E-state index contributed by atoms with van der Waals surface area (Å²) in [5.41, 5.74) is -2.80. The van der Waals surface area contributed by atoms with E-state index < -0.39 is 45.0 Å². The first kappa shape index (κ1) is 20.7. The lowest BCUT2D eigenvalue weighted by Crippen LogP contribution is -2.47. The van der Waals surface area contributed by atoms with E-state index in [0.29, 0.717) is 22.6 Å². The lowest BCUT2D eigenvalue weighted by Gasteiger charge is -2.30. The zero-order valence-corrected chi connectivity index (χ0v) is 16.3. The Morgan fingerprint density at radius 1 is 1.36 bits per heavy atom. The quantitative estimate of drug-likeness (QED) is 0.771. The second-order valence-corrected chi connectivity index (χ2v) is 9.53. The smallest absolute Gasteiger partial charge is 0.374 e. The van der Waals surface area contributed by atoms with E-state index in [-0.39, 0.29) is 17.1 Å². The molecule has 28 heavy (non-hydrogen) atoms. The van der Waals surface area contributed by atoms with E-state index in [2.05, 4.69) is 10.3 Å². The fourth-order valence-electron chi connectivity index (χ4n) is 3.06. The molecule has 1 aromatic heterocycles. The third-order valence-corrected chi connectivity index (χ3v) is 7.42. The van der Waals surface area contributed by atoms with Gasteiger partial charge in [-0.3, -0.25) is 4.79 Å². The number of hydrogen-bond donors (Lipinski definition) is 2. The summed E-state index contributed by atoms with van der Waals surface area (Å²) in [6.45, 7) is 1.48. The van der Waals surface area contributed by atoms with Crippen molar-refractivity contribution in [3.63, 3.8) is 0 Å². The molecule has 0 aliphatic carbocycles. The number of alkyl halides is 3. The molecule has 0 spiro atoms. The Bertz CT molecular complexity index is 1000. The number of aryl methyl sites for hydroxylation is 1. The molecule has 2 heterocycles. The fraction of sp³-hybridized carbons (Fsp3) is 0.412. The number of halogens is 3. The van der Waals surface area contributed by atoms with Crippen molar-refractivity contribution >= 4 is 27.1 Å². The topological polar surface area (TPSA) is 96.4 Å². The summed E-state index contributed by atoms with van der Waals surface area (Å²) in [6, 6.07) is 5.27. The van der Waals surface area contributed by atoms with Crippen molar-refractivity contribution in [3.05, 3.63) is 45.9 Å². The van der Waals surface area contributed by atoms with Gasteiger partial charge in [0, 0.05) is 11.1 Å². The average molecular weight is 434 g/mol. The molecule has 2 aromatic rings. The van der Waals surface area contributed by atoms with Crippen molar-refractivity contribution in [2.24, 2.45) is 0 Å². The predicted molar refractivity (Wildman–Crippen MR) is 95.4 cm³/mol. The molecule has 1 aliphatic heterocycles. The molecule has 0 fully saturated rings. The van der Waals surface area contributed by atoms with E-state index in [4.69, 9.17) is 0 Å². The largest absolute Gasteiger partial charge is 0.424 e. The maximum Gasteiger partial charge on any atom is 0.424 e. The summed E-state index contributed by atoms with van der Waals surface area (Å²) in [6.07, 6.45) is -6.34. The molecule has 2 unspecified atom stereocenters. The monoisotopic (exact) mass is 434 g/mol. The number of carbonyl (C=O) groups excluding carboxylic acids is 1. The minimum atomic E-state index is -5.11. The van der Waals surface area contributed by atoms with Gasteiger partial charge < -0.3 is 10.4 Å². The van der Waals surface area contributed by atoms with Crippen LogP contribution in [0.3, 0.4) is 0 Å². The summed E-state index contributed by atoms with van der Waals surface area (Å²) in [5.74, 6) is -1.28. The number of aromatic nitrogens is 1. The lowest BCUT2D eigenvalue weighted by atomic mass is 9.97. The molecule has 0 saturated carbocycles. The summed E-state index contributed by atoms with van der Waals surface area (Å²) >= 11 is 0.619. The van der Waals surface area contributed by atoms with Crippen molar-refractivity contribution < 1.29 is 31.5 Å². The van der Waals surface area contributed by atoms with Gasteiger partial charge in [0.2, 0.25) is 11.5 Å². The summed E-state index contributed by atoms with van der Waals surface area (Å²) in [4.78, 5) is 16.1. The number of hydrogen-bond acceptors (Lipinski definition) is 6. The van der Waals surface area contributed by atoms with Gasteiger partial charge in [0.05, 0.1) is 23.1 Å². The normalized spacial score (nSPS) is 20.8. The predicted octanol–water partition coefficient (Wildman–Crippen LogP) is 2.63. The van der Waals surface area contributed by atoms with E-state index in [1.165, 1.54) is 30.5 Å². The number of carbonyl (C=O) groups is 1. The number of aliphatic hydroxyl groups is 1. The van der Waals surface area contributed by atoms with E-state index in [9.17, 15) is 31.5 Å². The first-order valence-electron chi connectivity index (χ1n) is 8.27. The van der Waals surface area contributed by atoms with E-state index in [1.54, 1.807) is 6.07 Å². The van der Waals surface area contributed by atoms with E-state index in [0.717, 1.165) is 0 Å². The van der Waals surface area contributed by atoms with Gasteiger partial charge in [-0.05, 0) is 25.0 Å². The SMILES string of the molecule is Cc1csc(C(O)(CC(=O)NC2CCS(=O)(=O)c3ccccc32)C(F)(F)F)n1. The van der Waals surface area contributed by atoms with Crippen LogP contribution in [0.1, 0.15) is 35.1 Å². The maximum absolute atomic E-state index is 13.5. The van der Waals surface area contributed by atoms with Crippen LogP contribution in [0.15, 0.2) is 34.5 Å². The van der Waals surface area contributed by atoms with Gasteiger partial charge in [0.25, 0.3) is 0 Å². The molecule has 1 amide bonds. The number of benzene rings is 1. The van der Waals surface area contributed by atoms with Gasteiger partial charge in [-0.15, -0.1) is 11.3 Å². The van der Waals surface area contributed by atoms with E-state index >= 15 is 0 Å². The Kier molecular flexibility index (Phi) is 5.28. The molecule has 0 saturated heterocycles. The van der Waals surface area contributed by atoms with Crippen LogP contribution in [0.2, 0.25) is 0 Å². The van der Waals surface area contributed by atoms with Crippen LogP contribution in [0.25, 0.3) is 0 Å². The number of rotatable bonds is 4. The number of fused-ring (bicyclic) bond motifs is 1. The first-order chi connectivity index (χ1) is 12.9. The standard InChI is InChI=1S/C17H17F3N2O4S2/c1-10-9-27-15(21-10)16(24,17(18,19)20)8-14(23)22-12-6-7-28(25,26)13-5-3-2-4-11(12)13/h2-5,9,12,24H,6-8H2,1H3,(H,22,23). The third-order valence-electron chi connectivity index (χ3n) is 4.50. The number of thiazole rings is 1. The molecule has 1 aliphatic rings. The molecule has 1 aromatic carbocycles. The minimum Gasteiger partial charge on any atom is -0.374 e. The Balaban J connectivity index is 1.85. The zero-order valence-electron chi connectivity index (χ0n) is 14.7. The Hall–Kier alpha value is -1.98. The van der Waals surface area contributed by atoms with Crippen LogP contribution >= 0.6 is 11.3 Å². The van der Waals surface area contributed by atoms with Crippen molar-refractivity contribution in [1.82, 2.24) is 10.3 Å². The minimum absolute atomic E-state index is 0.0336. The second kappa shape index (κ2) is 7.12. The van der Waals surface area contributed by atoms with Gasteiger partial charge in [0.15, 0.2) is 9.84 Å². The highest BCUT2D eigenvalue weighted by Crippen LogP contribution is 2.43. The van der Waals surface area contributed by atoms with Crippen molar-refractivity contribution in [3.8, 4) is 0 Å². The van der Waals surface area contributed by atoms with Gasteiger partial charge in [0.1, 0.15) is 5.01 Å². The molecule has 2 atom stereocenters. The number of nitrogens with one attached hydrogen (secondary N) is 1. The van der Waals surface area contributed by atoms with Crippen LogP contribution < -0.4 is 5.32 Å². The maximum atomic E-state index is 13.5. The van der Waals surface area contributed by atoms with Gasteiger partial charge in [-0.2, -0.15) is 13.2 Å². The van der Waals surface area contributed by atoms with Crippen molar-refractivity contribution in [2.75, 3.05) is 5.75 Å². The molecule has 6 nitrogen and oxygen atoms in total. The number of sulfone groups is 1. The molecular formula is C17H17F3N2O4S2. The highest BCUT2D eigenvalue weighted by Gasteiger charge is 2.58. The zero-order chi connectivity index (χ0) is 20.7. The Morgan fingerprint density at radius 3 is 2.64 bits per heavy atom. The molecule has 3 rings (SSSR count). The van der Waals surface area contributed by atoms with Crippen LogP contribution in [-0.2, 0) is 20.2 Å². The Labute approximate surface area is 163 Å². The highest BCUT2D eigenvalue weighted by atomic mass is 32.2. The molecular weight excluding hydrogens is 417 g/mol. The van der Waals surface area contributed by atoms with Crippen molar-refractivity contribution in [2.45, 2.75) is 42.5 Å². The first-order valence-corrected chi connectivity index (χ1v) is 10.8. The van der Waals surface area contributed by atoms with Crippen LogP contribution in [0.5, 0.6) is 0 Å². The fourth-order valence-corrected chi connectivity index (χ4v) is 5.59. The third kappa shape index (κ3) is 3.78. The van der Waals surface area contributed by atoms with Crippen LogP contribution in [0.4, 0.5) is 13.2 Å². The van der Waals surface area contributed by atoms with Gasteiger partial charge in [-0.25, -0.2) is 13.4 Å². The number of nitrogens with zero attached hydrogens (tertiary/aromatic N) is 1. The van der Waals surface area contributed by atoms with E-state index in [1.807, 2.05) is 0 Å². The highest BCUT2D eigenvalue weighted by molar-refractivity contribution is 7.91. The van der Waals surface area contributed by atoms with Gasteiger partial charge >= 0.3 is 6.18 Å². The van der Waals surface area contributed by atoms with Crippen molar-refractivity contribution in [1.29, 1.82) is 0 Å².